The molecular weight excluding hydrogens is 729 g/mol. The molecule has 3 aliphatic heterocycles. The van der Waals surface area contributed by atoms with E-state index in [1.54, 1.807) is 10.8 Å². The van der Waals surface area contributed by atoms with Crippen molar-refractivity contribution in [3.05, 3.63) is 93.6 Å². The third kappa shape index (κ3) is 9.31. The van der Waals surface area contributed by atoms with Gasteiger partial charge in [0.15, 0.2) is 5.78 Å². The van der Waals surface area contributed by atoms with Crippen LogP contribution in [0.5, 0.6) is 0 Å². The van der Waals surface area contributed by atoms with Gasteiger partial charge in [-0.25, -0.2) is 0 Å². The first-order valence-corrected chi connectivity index (χ1v) is 22.4. The zero-order valence-electron chi connectivity index (χ0n) is 32.4. The Kier molecular flexibility index (Phi) is 14.1. The number of aliphatic hydroxyl groups excluding tert-OH is 2. The average Bonchev–Trinajstić information content (AvgIpc) is 3.49. The summed E-state index contributed by atoms with van der Waals surface area (Å²) in [5.74, 6) is 7.73. The first-order chi connectivity index (χ1) is 26.4. The zero-order chi connectivity index (χ0) is 39.2. The Morgan fingerprint density at radius 3 is 2.85 bits per heavy atom. The predicted octanol–water partition coefficient (Wildman–Crippen LogP) is 6.76. The number of benzene rings is 1. The van der Waals surface area contributed by atoms with E-state index < -0.39 is 23.3 Å². The molecule has 7 atom stereocenters. The molecule has 1 spiro atoms. The number of Topliss-reactive ketones (excluding diaryl/α,β-unsaturated/α-hetero) is 1. The van der Waals surface area contributed by atoms with Gasteiger partial charge in [-0.2, -0.15) is 0 Å². The number of hydrogen-bond donors (Lipinski definition) is 5. The summed E-state index contributed by atoms with van der Waals surface area (Å²) < 4.78 is 6.55. The van der Waals surface area contributed by atoms with Gasteiger partial charge in [-0.1, -0.05) is 99.2 Å². The molecule has 296 valence electrons. The molecule has 6 rings (SSSR count). The van der Waals surface area contributed by atoms with E-state index in [4.69, 9.17) is 10.5 Å². The molecule has 0 unspecified atom stereocenters. The molecule has 2 fully saturated rings. The zero-order valence-corrected chi connectivity index (χ0v) is 34.0. The second kappa shape index (κ2) is 18.6. The van der Waals surface area contributed by atoms with E-state index >= 15 is 0 Å². The minimum Gasteiger partial charge on any atom is -0.396 e. The van der Waals surface area contributed by atoms with Gasteiger partial charge in [0.2, 0.25) is 5.91 Å². The topological polar surface area (TPSA) is 142 Å². The van der Waals surface area contributed by atoms with Gasteiger partial charge < -0.3 is 31.1 Å². The summed E-state index contributed by atoms with van der Waals surface area (Å²) in [6.45, 7) is 8.28. The number of ketones is 1. The Morgan fingerprint density at radius 1 is 1.20 bits per heavy atom. The number of fused-ring (bicyclic) bond motifs is 4. The van der Waals surface area contributed by atoms with Crippen LogP contribution in [-0.4, -0.2) is 69.5 Å². The summed E-state index contributed by atoms with van der Waals surface area (Å²) in [6, 6.07) is 5.66. The average molecular weight is 787 g/mol. The van der Waals surface area contributed by atoms with Crippen LogP contribution in [-0.2, 0) is 27.2 Å². The summed E-state index contributed by atoms with van der Waals surface area (Å²) in [4.78, 5) is 26.6. The molecule has 8 nitrogen and oxygen atoms in total. The molecule has 3 heterocycles. The Morgan fingerprint density at radius 2 is 2.04 bits per heavy atom. The highest BCUT2D eigenvalue weighted by Gasteiger charge is 2.64. The Bertz CT molecular complexity index is 1820. The van der Waals surface area contributed by atoms with Crippen molar-refractivity contribution in [3.63, 3.8) is 0 Å². The first-order valence-electron chi connectivity index (χ1n) is 19.9. The van der Waals surface area contributed by atoms with E-state index in [0.717, 1.165) is 70.6 Å². The van der Waals surface area contributed by atoms with Crippen molar-refractivity contribution >= 4 is 33.3 Å². The highest BCUT2D eigenvalue weighted by atomic mass is 33.1. The van der Waals surface area contributed by atoms with Gasteiger partial charge >= 0.3 is 0 Å². The predicted molar refractivity (Wildman–Crippen MR) is 223 cm³/mol. The highest BCUT2D eigenvalue weighted by molar-refractivity contribution is 8.76. The van der Waals surface area contributed by atoms with Gasteiger partial charge in [0, 0.05) is 42.3 Å². The molecule has 6 N–H and O–H groups in total. The molecule has 2 bridgehead atoms. The van der Waals surface area contributed by atoms with Crippen molar-refractivity contribution < 1.29 is 29.6 Å². The van der Waals surface area contributed by atoms with Crippen molar-refractivity contribution in [3.8, 4) is 11.8 Å². The smallest absolute Gasteiger partial charge is 0.225 e. The number of amides is 1. The molecule has 1 amide bonds. The standard InChI is InChI=1S/C45H58N2O6S2/c1-29-9-4-11-31-12-6-15-34(28-55-54-24-20-31)53-27-33(14-5-10-29)36-19-22-45(42(36)51)39(17-8-23-48)35(18-21-44(45,3)52)30(2)40(49)25-32-13-7-16-37-38(32)26-41(50)47-43(37)46/h5,7,10-11,13-14,16,34,36,39,42-43,48,51-52H,1,4,8-9,12,17-28,46H2,2-3H3,(H,47,50)/b10-5+,31-11+,33-14-,35-30+/t34-,36-,39-,42-,43+,44-,45-/m1/s1. The second-order valence-corrected chi connectivity index (χ2v) is 18.7. The number of carbonyl (C=O) groups is 2. The number of ether oxygens (including phenoxy) is 1. The lowest BCUT2D eigenvalue weighted by molar-refractivity contribution is -0.168. The lowest BCUT2D eigenvalue weighted by Gasteiger charge is -2.55. The second-order valence-electron chi connectivity index (χ2n) is 16.1. The number of carbonyl (C=O) groups excluding carboxylic acids is 2. The van der Waals surface area contributed by atoms with E-state index in [-0.39, 0.29) is 49.1 Å². The van der Waals surface area contributed by atoms with E-state index in [2.05, 4.69) is 35.9 Å². The Hall–Kier alpha value is -2.88. The number of rotatable bonds is 7. The molecule has 1 aromatic carbocycles. The van der Waals surface area contributed by atoms with Crippen molar-refractivity contribution in [2.45, 2.75) is 115 Å². The van der Waals surface area contributed by atoms with Crippen LogP contribution in [0, 0.1) is 29.1 Å². The molecular formula is C45H58N2O6S2. The van der Waals surface area contributed by atoms with Crippen molar-refractivity contribution in [2.24, 2.45) is 23.0 Å². The maximum atomic E-state index is 14.2. The molecule has 2 aliphatic carbocycles. The first kappa shape index (κ1) is 41.7. The SMILES string of the molecule is C=C1/C=C/C=C(\[C@H]2CC[C@@]3([C@H](CCCO)/C(=C(\C)C(=O)Cc4cccc5c4CC(=O)N[C@@H]5N)CC[C@@]3(C)O)[C@@H]2O)CO[C@@H]2C#CC/C(=C\CC1)CCSSC2. The van der Waals surface area contributed by atoms with E-state index in [1.165, 1.54) is 5.57 Å². The Labute approximate surface area is 335 Å². The molecule has 10 heteroatoms. The number of hydrogen-bond acceptors (Lipinski definition) is 9. The van der Waals surface area contributed by atoms with E-state index in [0.29, 0.717) is 50.7 Å². The molecule has 55 heavy (non-hydrogen) atoms. The molecule has 0 aromatic heterocycles. The van der Waals surface area contributed by atoms with Gasteiger partial charge in [0.25, 0.3) is 0 Å². The van der Waals surface area contributed by atoms with Crippen molar-refractivity contribution in [2.75, 3.05) is 24.7 Å². The van der Waals surface area contributed by atoms with Gasteiger partial charge in [-0.05, 0) is 105 Å². The third-order valence-corrected chi connectivity index (χ3v) is 15.1. The summed E-state index contributed by atoms with van der Waals surface area (Å²) in [6.07, 6.45) is 13.6. The van der Waals surface area contributed by atoms with Crippen LogP contribution in [0.4, 0.5) is 0 Å². The number of allylic oxidation sites excluding steroid dienone is 8. The summed E-state index contributed by atoms with van der Waals surface area (Å²) in [5, 5.41) is 38.0. The van der Waals surface area contributed by atoms with Crippen molar-refractivity contribution in [1.82, 2.24) is 5.32 Å². The summed E-state index contributed by atoms with van der Waals surface area (Å²) in [7, 11) is 3.65. The minimum atomic E-state index is -1.22. The fourth-order valence-electron chi connectivity index (χ4n) is 9.68. The molecule has 5 aliphatic rings. The lowest BCUT2D eigenvalue weighted by atomic mass is 9.52. The van der Waals surface area contributed by atoms with Crippen LogP contribution in [0.25, 0.3) is 0 Å². The van der Waals surface area contributed by atoms with Crippen molar-refractivity contribution in [1.29, 1.82) is 0 Å². The van der Waals surface area contributed by atoms with Crippen LogP contribution in [0.2, 0.25) is 0 Å². The monoisotopic (exact) mass is 786 g/mol. The normalized spacial score (nSPS) is 35.2. The lowest BCUT2D eigenvalue weighted by Crippen LogP contribution is -2.59. The minimum absolute atomic E-state index is 0.0313. The molecule has 0 saturated heterocycles. The largest absolute Gasteiger partial charge is 0.396 e. The molecule has 0 radical (unpaired) electrons. The van der Waals surface area contributed by atoms with Gasteiger partial charge in [-0.15, -0.1) is 0 Å². The van der Waals surface area contributed by atoms with Gasteiger partial charge in [0.1, 0.15) is 12.3 Å². The molecule has 2 saturated carbocycles. The summed E-state index contributed by atoms with van der Waals surface area (Å²) in [5.41, 5.74) is 11.4. The number of aliphatic hydroxyl groups is 3. The number of nitrogens with one attached hydrogen (secondary N) is 1. The summed E-state index contributed by atoms with van der Waals surface area (Å²) >= 11 is 0. The van der Waals surface area contributed by atoms with Crippen LogP contribution < -0.4 is 11.1 Å². The fourth-order valence-corrected chi connectivity index (χ4v) is 11.8. The van der Waals surface area contributed by atoms with Gasteiger partial charge in [0.05, 0.1) is 24.7 Å². The van der Waals surface area contributed by atoms with Crippen LogP contribution in [0.3, 0.4) is 0 Å². The van der Waals surface area contributed by atoms with Crippen LogP contribution >= 0.6 is 21.6 Å². The fraction of sp³-hybridized carbons (Fsp3) is 0.556. The van der Waals surface area contributed by atoms with Crippen LogP contribution in [0.15, 0.2) is 76.9 Å². The van der Waals surface area contributed by atoms with Gasteiger partial charge in [-0.3, -0.25) is 9.59 Å². The van der Waals surface area contributed by atoms with E-state index in [9.17, 15) is 24.9 Å². The third-order valence-electron chi connectivity index (χ3n) is 12.8. The number of nitrogens with two attached hydrogens (primary N) is 1. The molecule has 1 aromatic rings. The quantitative estimate of drug-likeness (QED) is 0.0878. The van der Waals surface area contributed by atoms with Crippen LogP contribution in [0.1, 0.15) is 101 Å². The Balaban J connectivity index is 1.32. The maximum absolute atomic E-state index is 14.2. The van der Waals surface area contributed by atoms with E-state index in [1.807, 2.05) is 55.0 Å². The maximum Gasteiger partial charge on any atom is 0.225 e. The highest BCUT2D eigenvalue weighted by Crippen LogP contribution is 2.63.